The Morgan fingerprint density at radius 1 is 1.17 bits per heavy atom. The summed E-state index contributed by atoms with van der Waals surface area (Å²) in [7, 11) is 1.87. The molecule has 0 saturated heterocycles. The minimum absolute atomic E-state index is 0.803. The lowest BCUT2D eigenvalue weighted by Crippen LogP contribution is -1.97. The van der Waals surface area contributed by atoms with Crippen LogP contribution in [0.25, 0.3) is 0 Å². The Morgan fingerprint density at radius 2 is 1.94 bits per heavy atom. The molecule has 0 amide bonds. The van der Waals surface area contributed by atoms with Gasteiger partial charge in [-0.1, -0.05) is 42.1 Å². The molecular weight excluding hydrogens is 262 g/mol. The molecule has 0 saturated carbocycles. The van der Waals surface area contributed by atoms with Gasteiger partial charge in [0.1, 0.15) is 10.8 Å². The van der Waals surface area contributed by atoms with Crippen LogP contribution in [0.3, 0.4) is 0 Å². The highest BCUT2D eigenvalue weighted by Gasteiger charge is 2.04. The van der Waals surface area contributed by atoms with Crippen LogP contribution in [0.2, 0.25) is 0 Å². The zero-order valence-corrected chi connectivity index (χ0v) is 12.0. The van der Waals surface area contributed by atoms with Crippen molar-refractivity contribution >= 4 is 29.3 Å². The largest absolute Gasteiger partial charge is 0.373 e. The normalized spacial score (nSPS) is 10.3. The molecule has 0 radical (unpaired) electrons. The lowest BCUT2D eigenvalue weighted by Gasteiger charge is -2.06. The molecule has 1 aromatic heterocycles. The summed E-state index contributed by atoms with van der Waals surface area (Å²) in [4.78, 5) is 8.84. The van der Waals surface area contributed by atoms with E-state index < -0.39 is 0 Å². The monoisotopic (exact) mass is 277 g/mol. The number of rotatable bonds is 5. The SMILES string of the molecule is CNc1cc(SCc2ccccc2)nc(SC)n1. The fourth-order valence-corrected chi connectivity index (χ4v) is 2.72. The summed E-state index contributed by atoms with van der Waals surface area (Å²) in [6, 6.07) is 12.4. The van der Waals surface area contributed by atoms with Crippen LogP contribution in [-0.4, -0.2) is 23.3 Å². The highest BCUT2D eigenvalue weighted by atomic mass is 32.2. The predicted molar refractivity (Wildman–Crippen MR) is 79.4 cm³/mol. The summed E-state index contributed by atoms with van der Waals surface area (Å²) in [6.45, 7) is 0. The molecule has 2 rings (SSSR count). The topological polar surface area (TPSA) is 37.8 Å². The quantitative estimate of drug-likeness (QED) is 0.514. The number of hydrogen-bond donors (Lipinski definition) is 1. The van der Waals surface area contributed by atoms with Crippen molar-refractivity contribution in [3.8, 4) is 0 Å². The summed E-state index contributed by atoms with van der Waals surface area (Å²) in [5.41, 5.74) is 1.30. The number of nitrogens with zero attached hydrogens (tertiary/aromatic N) is 2. The molecule has 3 nitrogen and oxygen atoms in total. The molecule has 1 aromatic carbocycles. The van der Waals surface area contributed by atoms with Crippen molar-refractivity contribution in [2.45, 2.75) is 15.9 Å². The maximum atomic E-state index is 4.49. The molecule has 2 aromatic rings. The molecule has 0 unspecified atom stereocenters. The first-order valence-electron chi connectivity index (χ1n) is 5.59. The van der Waals surface area contributed by atoms with Gasteiger partial charge in [0.25, 0.3) is 0 Å². The third kappa shape index (κ3) is 3.65. The molecule has 0 aliphatic heterocycles. The Labute approximate surface area is 116 Å². The van der Waals surface area contributed by atoms with Gasteiger partial charge in [0, 0.05) is 18.9 Å². The second kappa shape index (κ2) is 6.66. The second-order valence-electron chi connectivity index (χ2n) is 3.60. The van der Waals surface area contributed by atoms with E-state index in [0.29, 0.717) is 0 Å². The molecule has 0 bridgehead atoms. The third-order valence-corrected chi connectivity index (χ3v) is 3.88. The Bertz CT molecular complexity index is 481. The Kier molecular flexibility index (Phi) is 4.90. The van der Waals surface area contributed by atoms with Crippen LogP contribution in [0, 0.1) is 0 Å². The van der Waals surface area contributed by atoms with Gasteiger partial charge in [0.15, 0.2) is 5.16 Å². The Morgan fingerprint density at radius 3 is 2.61 bits per heavy atom. The van der Waals surface area contributed by atoms with Crippen LogP contribution in [0.4, 0.5) is 5.82 Å². The highest BCUT2D eigenvalue weighted by molar-refractivity contribution is 7.99. The van der Waals surface area contributed by atoms with Gasteiger partial charge in [0.05, 0.1) is 0 Å². The molecule has 94 valence electrons. The number of thioether (sulfide) groups is 2. The summed E-state index contributed by atoms with van der Waals surface area (Å²) in [6.07, 6.45) is 1.99. The fourth-order valence-electron chi connectivity index (χ4n) is 1.43. The highest BCUT2D eigenvalue weighted by Crippen LogP contribution is 2.24. The van der Waals surface area contributed by atoms with Crippen molar-refractivity contribution in [3.05, 3.63) is 42.0 Å². The Hall–Kier alpha value is -1.20. The van der Waals surface area contributed by atoms with Crippen molar-refractivity contribution in [1.29, 1.82) is 0 Å². The average Bonchev–Trinajstić information content (AvgIpc) is 2.45. The summed E-state index contributed by atoms with van der Waals surface area (Å²) < 4.78 is 0. The number of hydrogen-bond acceptors (Lipinski definition) is 5. The van der Waals surface area contributed by atoms with E-state index in [1.165, 1.54) is 5.56 Å². The van der Waals surface area contributed by atoms with Crippen LogP contribution >= 0.6 is 23.5 Å². The smallest absolute Gasteiger partial charge is 0.190 e. The van der Waals surface area contributed by atoms with E-state index in [4.69, 9.17) is 0 Å². The van der Waals surface area contributed by atoms with Gasteiger partial charge >= 0.3 is 0 Å². The van der Waals surface area contributed by atoms with Crippen LogP contribution in [0.15, 0.2) is 46.6 Å². The Balaban J connectivity index is 2.09. The molecule has 1 N–H and O–H groups in total. The number of nitrogens with one attached hydrogen (secondary N) is 1. The first-order chi connectivity index (χ1) is 8.81. The molecule has 18 heavy (non-hydrogen) atoms. The zero-order chi connectivity index (χ0) is 12.8. The van der Waals surface area contributed by atoms with E-state index in [9.17, 15) is 0 Å². The fraction of sp³-hybridized carbons (Fsp3) is 0.231. The molecule has 1 heterocycles. The lowest BCUT2D eigenvalue weighted by atomic mass is 10.2. The van der Waals surface area contributed by atoms with Gasteiger partial charge in [-0.05, 0) is 11.8 Å². The van der Waals surface area contributed by atoms with Crippen molar-refractivity contribution in [1.82, 2.24) is 9.97 Å². The van der Waals surface area contributed by atoms with Gasteiger partial charge in [0.2, 0.25) is 0 Å². The lowest BCUT2D eigenvalue weighted by molar-refractivity contribution is 0.897. The van der Waals surface area contributed by atoms with Crippen LogP contribution in [0.1, 0.15) is 5.56 Å². The molecule has 5 heteroatoms. The van der Waals surface area contributed by atoms with Gasteiger partial charge < -0.3 is 5.32 Å². The second-order valence-corrected chi connectivity index (χ2v) is 5.37. The van der Waals surface area contributed by atoms with Crippen molar-refractivity contribution < 1.29 is 0 Å². The summed E-state index contributed by atoms with van der Waals surface area (Å²) >= 11 is 3.29. The third-order valence-electron chi connectivity index (χ3n) is 2.35. The van der Waals surface area contributed by atoms with E-state index >= 15 is 0 Å². The first kappa shape index (κ1) is 13.2. The van der Waals surface area contributed by atoms with E-state index in [0.717, 1.165) is 21.8 Å². The predicted octanol–water partition coefficient (Wildman–Crippen LogP) is 3.53. The van der Waals surface area contributed by atoms with Gasteiger partial charge in [-0.15, -0.1) is 11.8 Å². The minimum atomic E-state index is 0.803. The van der Waals surface area contributed by atoms with E-state index in [2.05, 4.69) is 39.6 Å². The zero-order valence-electron chi connectivity index (χ0n) is 10.4. The average molecular weight is 277 g/mol. The molecule has 0 aliphatic carbocycles. The van der Waals surface area contributed by atoms with Crippen molar-refractivity contribution in [3.63, 3.8) is 0 Å². The molecule has 0 fully saturated rings. The van der Waals surface area contributed by atoms with Gasteiger partial charge in [-0.2, -0.15) is 0 Å². The van der Waals surface area contributed by atoms with Gasteiger partial charge in [-0.3, -0.25) is 0 Å². The maximum Gasteiger partial charge on any atom is 0.190 e. The van der Waals surface area contributed by atoms with E-state index in [1.807, 2.05) is 25.4 Å². The van der Waals surface area contributed by atoms with Crippen LogP contribution in [-0.2, 0) is 5.75 Å². The van der Waals surface area contributed by atoms with Crippen molar-refractivity contribution in [2.75, 3.05) is 18.6 Å². The number of aromatic nitrogens is 2. The summed E-state index contributed by atoms with van der Waals surface area (Å²) in [5.74, 6) is 1.79. The maximum absolute atomic E-state index is 4.49. The standard InChI is InChI=1S/C13H15N3S2/c1-14-11-8-12(16-13(15-11)17-2)18-9-10-6-4-3-5-7-10/h3-8H,9H2,1-2H3,(H,14,15,16). The van der Waals surface area contributed by atoms with Crippen LogP contribution < -0.4 is 5.32 Å². The van der Waals surface area contributed by atoms with E-state index in [1.54, 1.807) is 23.5 Å². The number of benzene rings is 1. The molecule has 0 spiro atoms. The molecular formula is C13H15N3S2. The van der Waals surface area contributed by atoms with Gasteiger partial charge in [-0.25, -0.2) is 9.97 Å². The number of anilines is 1. The summed E-state index contributed by atoms with van der Waals surface area (Å²) in [5, 5.41) is 4.87. The van der Waals surface area contributed by atoms with E-state index in [-0.39, 0.29) is 0 Å². The first-order valence-corrected chi connectivity index (χ1v) is 7.80. The molecule has 0 atom stereocenters. The molecule has 0 aliphatic rings. The van der Waals surface area contributed by atoms with Crippen LogP contribution in [0.5, 0.6) is 0 Å². The minimum Gasteiger partial charge on any atom is -0.373 e. The van der Waals surface area contributed by atoms with Crippen molar-refractivity contribution in [2.24, 2.45) is 0 Å².